The van der Waals surface area contributed by atoms with Gasteiger partial charge in [0.05, 0.1) is 6.54 Å². The van der Waals surface area contributed by atoms with Crippen LogP contribution in [-0.2, 0) is 6.54 Å². The van der Waals surface area contributed by atoms with E-state index in [4.69, 9.17) is 4.42 Å². The Balaban J connectivity index is 1.40. The van der Waals surface area contributed by atoms with Gasteiger partial charge >= 0.3 is 0 Å². The summed E-state index contributed by atoms with van der Waals surface area (Å²) in [7, 11) is 0. The molecule has 1 aromatic carbocycles. The number of carbonyl (C=O) groups excluding carboxylic acids is 1. The standard InChI is InChI=1S/C20H22N4O2/c1-15-21-10-13-24(15)17-6-4-16(5-7-17)22-20(25)19-9-8-18(26-19)14-23-11-2-3-12-23/h4-10,13H,2-3,11-12,14H2,1H3,(H,22,25). The molecule has 26 heavy (non-hydrogen) atoms. The van der Waals surface area contributed by atoms with Crippen LogP contribution in [-0.4, -0.2) is 33.4 Å². The number of imidazole rings is 1. The van der Waals surface area contributed by atoms with Gasteiger partial charge in [0, 0.05) is 23.8 Å². The van der Waals surface area contributed by atoms with Crippen LogP contribution in [0.5, 0.6) is 0 Å². The number of nitrogens with zero attached hydrogens (tertiary/aromatic N) is 3. The highest BCUT2D eigenvalue weighted by Gasteiger charge is 2.16. The van der Waals surface area contributed by atoms with Crippen LogP contribution >= 0.6 is 0 Å². The van der Waals surface area contributed by atoms with Crippen LogP contribution in [0.15, 0.2) is 53.2 Å². The summed E-state index contributed by atoms with van der Waals surface area (Å²) in [4.78, 5) is 19.0. The van der Waals surface area contributed by atoms with Gasteiger partial charge in [0.1, 0.15) is 11.6 Å². The molecule has 2 aromatic heterocycles. The summed E-state index contributed by atoms with van der Waals surface area (Å²) in [5, 5.41) is 2.88. The normalized spacial score (nSPS) is 14.7. The lowest BCUT2D eigenvalue weighted by molar-refractivity contribution is 0.0993. The Bertz CT molecular complexity index is 889. The van der Waals surface area contributed by atoms with Crippen molar-refractivity contribution in [1.82, 2.24) is 14.5 Å². The fourth-order valence-corrected chi connectivity index (χ4v) is 3.29. The predicted octanol–water partition coefficient (Wildman–Crippen LogP) is 3.62. The van der Waals surface area contributed by atoms with Crippen LogP contribution in [0.4, 0.5) is 5.69 Å². The van der Waals surface area contributed by atoms with Gasteiger partial charge in [-0.05, 0) is 69.3 Å². The van der Waals surface area contributed by atoms with E-state index in [0.29, 0.717) is 5.76 Å². The Morgan fingerprint density at radius 2 is 1.92 bits per heavy atom. The number of amides is 1. The van der Waals surface area contributed by atoms with Crippen molar-refractivity contribution >= 4 is 11.6 Å². The van der Waals surface area contributed by atoms with E-state index in [1.54, 1.807) is 12.3 Å². The summed E-state index contributed by atoms with van der Waals surface area (Å²) in [6.07, 6.45) is 6.15. The predicted molar refractivity (Wildman–Crippen MR) is 99.5 cm³/mol. The first kappa shape index (κ1) is 16.6. The largest absolute Gasteiger partial charge is 0.455 e. The molecule has 1 amide bonds. The smallest absolute Gasteiger partial charge is 0.291 e. The van der Waals surface area contributed by atoms with E-state index < -0.39 is 0 Å². The van der Waals surface area contributed by atoms with Crippen molar-refractivity contribution in [1.29, 1.82) is 0 Å². The number of anilines is 1. The Morgan fingerprint density at radius 1 is 1.15 bits per heavy atom. The molecule has 0 unspecified atom stereocenters. The molecule has 6 heteroatoms. The number of aromatic nitrogens is 2. The van der Waals surface area contributed by atoms with Crippen molar-refractivity contribution in [2.45, 2.75) is 26.3 Å². The quantitative estimate of drug-likeness (QED) is 0.763. The van der Waals surface area contributed by atoms with Gasteiger partial charge in [0.15, 0.2) is 5.76 Å². The molecule has 0 saturated carbocycles. The van der Waals surface area contributed by atoms with E-state index in [-0.39, 0.29) is 5.91 Å². The average Bonchev–Trinajstić information content (AvgIpc) is 3.38. The van der Waals surface area contributed by atoms with E-state index >= 15 is 0 Å². The van der Waals surface area contributed by atoms with Gasteiger partial charge in [-0.2, -0.15) is 0 Å². The molecule has 1 fully saturated rings. The second kappa shape index (κ2) is 7.17. The lowest BCUT2D eigenvalue weighted by atomic mass is 10.2. The molecule has 134 valence electrons. The zero-order valence-corrected chi connectivity index (χ0v) is 14.8. The molecule has 1 aliphatic heterocycles. The number of furan rings is 1. The van der Waals surface area contributed by atoms with Crippen LogP contribution in [0.2, 0.25) is 0 Å². The zero-order valence-electron chi connectivity index (χ0n) is 14.8. The molecular formula is C20H22N4O2. The van der Waals surface area contributed by atoms with Gasteiger partial charge < -0.3 is 14.3 Å². The first-order chi connectivity index (χ1) is 12.7. The minimum Gasteiger partial charge on any atom is -0.455 e. The van der Waals surface area contributed by atoms with Crippen LogP contribution in [0.25, 0.3) is 5.69 Å². The van der Waals surface area contributed by atoms with Crippen molar-refractivity contribution in [2.75, 3.05) is 18.4 Å². The highest BCUT2D eigenvalue weighted by atomic mass is 16.4. The van der Waals surface area contributed by atoms with Crippen molar-refractivity contribution in [3.8, 4) is 5.69 Å². The Kier molecular flexibility index (Phi) is 4.58. The van der Waals surface area contributed by atoms with Gasteiger partial charge in [-0.15, -0.1) is 0 Å². The van der Waals surface area contributed by atoms with E-state index in [0.717, 1.165) is 42.6 Å². The number of likely N-dealkylation sites (tertiary alicyclic amines) is 1. The fourth-order valence-electron chi connectivity index (χ4n) is 3.29. The van der Waals surface area contributed by atoms with Gasteiger partial charge in [-0.3, -0.25) is 9.69 Å². The maximum atomic E-state index is 12.4. The second-order valence-electron chi connectivity index (χ2n) is 6.59. The third-order valence-corrected chi connectivity index (χ3v) is 4.69. The summed E-state index contributed by atoms with van der Waals surface area (Å²) < 4.78 is 7.70. The number of hydrogen-bond acceptors (Lipinski definition) is 4. The van der Waals surface area contributed by atoms with E-state index in [2.05, 4.69) is 15.2 Å². The Hall–Kier alpha value is -2.86. The molecule has 6 nitrogen and oxygen atoms in total. The van der Waals surface area contributed by atoms with Gasteiger partial charge in [-0.1, -0.05) is 0 Å². The van der Waals surface area contributed by atoms with Crippen molar-refractivity contribution in [3.05, 3.63) is 66.1 Å². The number of nitrogens with one attached hydrogen (secondary N) is 1. The molecule has 1 saturated heterocycles. The number of rotatable bonds is 5. The van der Waals surface area contributed by atoms with Crippen molar-refractivity contribution in [3.63, 3.8) is 0 Å². The monoisotopic (exact) mass is 350 g/mol. The maximum Gasteiger partial charge on any atom is 0.291 e. The molecule has 0 bridgehead atoms. The SMILES string of the molecule is Cc1nccn1-c1ccc(NC(=O)c2ccc(CN3CCCC3)o2)cc1. The van der Waals surface area contributed by atoms with Gasteiger partial charge in [-0.25, -0.2) is 4.98 Å². The summed E-state index contributed by atoms with van der Waals surface area (Å²) >= 11 is 0. The van der Waals surface area contributed by atoms with Gasteiger partial charge in [0.2, 0.25) is 0 Å². The van der Waals surface area contributed by atoms with Crippen molar-refractivity contribution in [2.24, 2.45) is 0 Å². The Morgan fingerprint density at radius 3 is 2.62 bits per heavy atom. The van der Waals surface area contributed by atoms with Crippen LogP contribution in [0.3, 0.4) is 0 Å². The minimum atomic E-state index is -0.232. The topological polar surface area (TPSA) is 63.3 Å². The average molecular weight is 350 g/mol. The molecule has 3 aromatic rings. The van der Waals surface area contributed by atoms with E-state index in [1.807, 2.05) is 48.0 Å². The third kappa shape index (κ3) is 3.55. The molecule has 0 spiro atoms. The highest BCUT2D eigenvalue weighted by molar-refractivity contribution is 6.02. The minimum absolute atomic E-state index is 0.232. The van der Waals surface area contributed by atoms with Crippen LogP contribution < -0.4 is 5.32 Å². The number of carbonyl (C=O) groups is 1. The summed E-state index contributed by atoms with van der Waals surface area (Å²) in [6.45, 7) is 4.93. The number of benzene rings is 1. The molecule has 0 aliphatic carbocycles. The summed E-state index contributed by atoms with van der Waals surface area (Å²) in [6, 6.07) is 11.3. The van der Waals surface area contributed by atoms with Crippen LogP contribution in [0, 0.1) is 6.92 Å². The fraction of sp³-hybridized carbons (Fsp3) is 0.300. The number of aryl methyl sites for hydroxylation is 1. The molecule has 1 aliphatic rings. The molecular weight excluding hydrogens is 328 g/mol. The first-order valence-electron chi connectivity index (χ1n) is 8.92. The summed E-state index contributed by atoms with van der Waals surface area (Å²) in [5.74, 6) is 1.86. The van der Waals surface area contributed by atoms with Gasteiger partial charge in [0.25, 0.3) is 5.91 Å². The lowest BCUT2D eigenvalue weighted by Crippen LogP contribution is -2.18. The first-order valence-corrected chi connectivity index (χ1v) is 8.92. The van der Waals surface area contributed by atoms with E-state index in [1.165, 1.54) is 12.8 Å². The van der Waals surface area contributed by atoms with E-state index in [9.17, 15) is 4.79 Å². The third-order valence-electron chi connectivity index (χ3n) is 4.69. The number of hydrogen-bond donors (Lipinski definition) is 1. The zero-order chi connectivity index (χ0) is 17.9. The maximum absolute atomic E-state index is 12.4. The summed E-state index contributed by atoms with van der Waals surface area (Å²) in [5.41, 5.74) is 1.73. The molecule has 0 atom stereocenters. The molecule has 0 radical (unpaired) electrons. The molecule has 3 heterocycles. The Labute approximate surface area is 152 Å². The molecule has 1 N–H and O–H groups in total. The highest BCUT2D eigenvalue weighted by Crippen LogP contribution is 2.18. The second-order valence-corrected chi connectivity index (χ2v) is 6.59. The van der Waals surface area contributed by atoms with Crippen molar-refractivity contribution < 1.29 is 9.21 Å². The van der Waals surface area contributed by atoms with Crippen LogP contribution in [0.1, 0.15) is 35.0 Å². The lowest BCUT2D eigenvalue weighted by Gasteiger charge is -2.11. The molecule has 4 rings (SSSR count).